The van der Waals surface area contributed by atoms with E-state index in [1.165, 1.54) is 36.0 Å². The number of fused-ring (bicyclic) bond motifs is 1. The van der Waals surface area contributed by atoms with Gasteiger partial charge in [-0.1, -0.05) is 11.3 Å². The van der Waals surface area contributed by atoms with Crippen molar-refractivity contribution in [3.05, 3.63) is 75.3 Å². The van der Waals surface area contributed by atoms with E-state index in [9.17, 15) is 23.7 Å². The highest BCUT2D eigenvalue weighted by molar-refractivity contribution is 7.18. The maximum Gasteiger partial charge on any atom is 0.292 e. The van der Waals surface area contributed by atoms with Gasteiger partial charge >= 0.3 is 0 Å². The summed E-state index contributed by atoms with van der Waals surface area (Å²) in [7, 11) is 0. The third-order valence-corrected chi connectivity index (χ3v) is 5.99. The molecule has 0 atom stereocenters. The number of hydrogen-bond donors (Lipinski definition) is 3. The van der Waals surface area contributed by atoms with Crippen LogP contribution in [0.3, 0.4) is 0 Å². The lowest BCUT2D eigenvalue weighted by atomic mass is 10.2. The van der Waals surface area contributed by atoms with Crippen LogP contribution >= 0.6 is 11.3 Å². The summed E-state index contributed by atoms with van der Waals surface area (Å²) in [5.74, 6) is -1.10. The first-order valence-corrected chi connectivity index (χ1v) is 11.6. The van der Waals surface area contributed by atoms with Crippen molar-refractivity contribution in [2.24, 2.45) is 0 Å². The van der Waals surface area contributed by atoms with Crippen LogP contribution in [0.5, 0.6) is 0 Å². The second-order valence-corrected chi connectivity index (χ2v) is 8.55. The Morgan fingerprint density at radius 3 is 2.81 bits per heavy atom. The Bertz CT molecular complexity index is 1400. The predicted octanol–water partition coefficient (Wildman–Crippen LogP) is 3.44. The molecule has 0 aliphatic rings. The summed E-state index contributed by atoms with van der Waals surface area (Å²) in [6.45, 7) is 0.971. The molecule has 1 aromatic carbocycles. The van der Waals surface area contributed by atoms with Crippen LogP contribution < -0.4 is 16.0 Å². The second kappa shape index (κ2) is 11.5. The van der Waals surface area contributed by atoms with Gasteiger partial charge in [-0.2, -0.15) is 0 Å². The van der Waals surface area contributed by atoms with E-state index in [0.29, 0.717) is 35.7 Å². The van der Waals surface area contributed by atoms with Crippen molar-refractivity contribution in [3.63, 3.8) is 0 Å². The van der Waals surface area contributed by atoms with E-state index in [2.05, 4.69) is 35.9 Å². The number of nitro groups is 1. The molecule has 3 aromatic heterocycles. The first-order valence-electron chi connectivity index (χ1n) is 10.8. The van der Waals surface area contributed by atoms with Crippen molar-refractivity contribution in [1.82, 2.24) is 25.3 Å². The van der Waals surface area contributed by atoms with E-state index < -0.39 is 22.5 Å². The van der Waals surface area contributed by atoms with Crippen LogP contribution in [0.4, 0.5) is 26.0 Å². The predicted molar refractivity (Wildman–Crippen MR) is 130 cm³/mol. The Labute approximate surface area is 207 Å². The first kappa shape index (κ1) is 24.9. The lowest BCUT2D eigenvalue weighted by Crippen LogP contribution is -2.23. The highest BCUT2D eigenvalue weighted by Gasteiger charge is 2.17. The van der Waals surface area contributed by atoms with Crippen molar-refractivity contribution in [3.8, 4) is 0 Å². The summed E-state index contributed by atoms with van der Waals surface area (Å²) in [5, 5.41) is 20.4. The number of aromatic nitrogens is 4. The van der Waals surface area contributed by atoms with Crippen LogP contribution in [0.1, 0.15) is 17.1 Å². The fraction of sp³-hybridized carbons (Fsp3) is 0.227. The molecule has 1 amide bonds. The average Bonchev–Trinajstić information content (AvgIpc) is 3.27. The van der Waals surface area contributed by atoms with Crippen LogP contribution in [0.25, 0.3) is 10.3 Å². The number of benzene rings is 1. The average molecular weight is 515 g/mol. The summed E-state index contributed by atoms with van der Waals surface area (Å²) in [5.41, 5.74) is 0.274. The summed E-state index contributed by atoms with van der Waals surface area (Å²) in [6.07, 6.45) is 3.52. The number of amides is 1. The molecule has 0 fully saturated rings. The number of carbonyl (C=O) groups excluding carboxylic acids is 1. The zero-order chi connectivity index (χ0) is 25.5. The SMILES string of the molecule is O=C(CCNCCc1nc2c(NCc3ncccc3F)ncnc2s1)Nc1cc(F)ccc1[N+](=O)[O-]. The Balaban J connectivity index is 1.26. The minimum Gasteiger partial charge on any atom is -0.362 e. The number of carbonyl (C=O) groups is 1. The fourth-order valence-electron chi connectivity index (χ4n) is 3.25. The van der Waals surface area contributed by atoms with E-state index in [-0.39, 0.29) is 30.0 Å². The molecule has 0 saturated heterocycles. The van der Waals surface area contributed by atoms with Gasteiger partial charge in [-0.25, -0.2) is 23.7 Å². The van der Waals surface area contributed by atoms with Crippen molar-refractivity contribution in [2.45, 2.75) is 19.4 Å². The molecule has 0 aliphatic carbocycles. The van der Waals surface area contributed by atoms with Crippen molar-refractivity contribution >= 4 is 44.8 Å². The van der Waals surface area contributed by atoms with Crippen LogP contribution in [0.15, 0.2) is 42.9 Å². The number of hydrogen-bond acceptors (Lipinski definition) is 10. The maximum absolute atomic E-state index is 13.8. The number of pyridine rings is 1. The molecular weight excluding hydrogens is 494 g/mol. The zero-order valence-corrected chi connectivity index (χ0v) is 19.5. The summed E-state index contributed by atoms with van der Waals surface area (Å²) >= 11 is 1.40. The number of rotatable bonds is 11. The third kappa shape index (κ3) is 6.28. The fourth-order valence-corrected chi connectivity index (χ4v) is 4.16. The highest BCUT2D eigenvalue weighted by Crippen LogP contribution is 2.26. The van der Waals surface area contributed by atoms with Crippen LogP contribution in [0.2, 0.25) is 0 Å². The number of thiazole rings is 1. The molecule has 4 aromatic rings. The van der Waals surface area contributed by atoms with Gasteiger partial charge in [-0.05, 0) is 18.2 Å². The van der Waals surface area contributed by atoms with Gasteiger partial charge in [0.05, 0.1) is 22.2 Å². The molecule has 0 unspecified atom stereocenters. The third-order valence-electron chi connectivity index (χ3n) is 4.97. The summed E-state index contributed by atoms with van der Waals surface area (Å²) < 4.78 is 27.2. The van der Waals surface area contributed by atoms with Crippen molar-refractivity contribution in [2.75, 3.05) is 23.7 Å². The molecule has 4 rings (SSSR count). The largest absolute Gasteiger partial charge is 0.362 e. The van der Waals surface area contributed by atoms with E-state index in [4.69, 9.17) is 0 Å². The quantitative estimate of drug-likeness (QED) is 0.155. The van der Waals surface area contributed by atoms with Gasteiger partial charge in [0.25, 0.3) is 5.69 Å². The highest BCUT2D eigenvalue weighted by atomic mass is 32.1. The molecule has 0 bridgehead atoms. The smallest absolute Gasteiger partial charge is 0.292 e. The number of nitrogens with zero attached hydrogens (tertiary/aromatic N) is 5. The molecule has 0 spiro atoms. The summed E-state index contributed by atoms with van der Waals surface area (Å²) in [4.78, 5) is 40.1. The number of halogens is 2. The van der Waals surface area contributed by atoms with Gasteiger partial charge in [-0.3, -0.25) is 19.9 Å². The van der Waals surface area contributed by atoms with Gasteiger partial charge in [0, 0.05) is 44.3 Å². The molecule has 186 valence electrons. The normalized spacial score (nSPS) is 10.9. The Kier molecular flexibility index (Phi) is 7.97. The van der Waals surface area contributed by atoms with Crippen LogP contribution in [-0.2, 0) is 17.8 Å². The number of anilines is 2. The van der Waals surface area contributed by atoms with Gasteiger partial charge < -0.3 is 16.0 Å². The van der Waals surface area contributed by atoms with Crippen molar-refractivity contribution in [1.29, 1.82) is 0 Å². The number of nitro benzene ring substituents is 1. The zero-order valence-electron chi connectivity index (χ0n) is 18.7. The molecule has 11 nitrogen and oxygen atoms in total. The molecule has 3 N–H and O–H groups in total. The van der Waals surface area contributed by atoms with Gasteiger partial charge in [0.15, 0.2) is 5.82 Å². The maximum atomic E-state index is 13.8. The van der Waals surface area contributed by atoms with E-state index in [1.807, 2.05) is 0 Å². The topological polar surface area (TPSA) is 148 Å². The molecule has 14 heteroatoms. The number of nitrogens with one attached hydrogen (secondary N) is 3. The van der Waals surface area contributed by atoms with E-state index in [1.54, 1.807) is 0 Å². The van der Waals surface area contributed by atoms with E-state index in [0.717, 1.165) is 23.2 Å². The standard InChI is InChI=1S/C22H20F2N8O3S/c23-13-3-4-17(32(34)35)15(10-13)30-18(33)5-8-25-9-6-19-31-20-21(28-12-29-22(20)36-19)27-11-16-14(24)2-1-7-26-16/h1-4,7,10,12,25H,5-6,8-9,11H2,(H,30,33)(H,27,28,29). The van der Waals surface area contributed by atoms with E-state index >= 15 is 0 Å². The first-order chi connectivity index (χ1) is 17.4. The lowest BCUT2D eigenvalue weighted by molar-refractivity contribution is -0.384. The minimum atomic E-state index is -0.687. The van der Waals surface area contributed by atoms with Gasteiger partial charge in [0.1, 0.15) is 34.0 Å². The Hall–Kier alpha value is -4.17. The Morgan fingerprint density at radius 1 is 1.14 bits per heavy atom. The van der Waals surface area contributed by atoms with Gasteiger partial charge in [-0.15, -0.1) is 0 Å². The Morgan fingerprint density at radius 2 is 2.00 bits per heavy atom. The van der Waals surface area contributed by atoms with Crippen LogP contribution in [-0.4, -0.2) is 43.9 Å². The molecule has 0 aliphatic heterocycles. The molecule has 36 heavy (non-hydrogen) atoms. The lowest BCUT2D eigenvalue weighted by Gasteiger charge is -2.07. The molecule has 0 radical (unpaired) electrons. The van der Waals surface area contributed by atoms with Crippen LogP contribution in [0, 0.1) is 21.7 Å². The molecule has 3 heterocycles. The monoisotopic (exact) mass is 514 g/mol. The molecule has 0 saturated carbocycles. The van der Waals surface area contributed by atoms with Gasteiger partial charge in [0.2, 0.25) is 5.91 Å². The summed E-state index contributed by atoms with van der Waals surface area (Å²) in [6, 6.07) is 5.73. The second-order valence-electron chi connectivity index (χ2n) is 7.49. The molecular formula is C22H20F2N8O3S. The van der Waals surface area contributed by atoms with Crippen molar-refractivity contribution < 1.29 is 18.5 Å². The minimum absolute atomic E-state index is 0.0388.